The topological polar surface area (TPSA) is 62.4 Å². The number of benzene rings is 1. The summed E-state index contributed by atoms with van der Waals surface area (Å²) < 4.78 is 5.33. The second-order valence-electron chi connectivity index (χ2n) is 5.05. The molecule has 0 aliphatic rings. The summed E-state index contributed by atoms with van der Waals surface area (Å²) in [5, 5.41) is 13.3. The molecule has 0 spiro atoms. The van der Waals surface area contributed by atoms with E-state index in [2.05, 4.69) is 28.9 Å². The van der Waals surface area contributed by atoms with Gasteiger partial charge < -0.3 is 9.63 Å². The van der Waals surface area contributed by atoms with Gasteiger partial charge in [-0.2, -0.15) is 4.98 Å². The summed E-state index contributed by atoms with van der Waals surface area (Å²) in [5.41, 5.74) is 0.924. The number of nitrogens with zero attached hydrogens (tertiary/aromatic N) is 3. The van der Waals surface area contributed by atoms with Crippen molar-refractivity contribution in [3.05, 3.63) is 36.2 Å². The highest BCUT2D eigenvalue weighted by atomic mass is 16.5. The van der Waals surface area contributed by atoms with Crippen molar-refractivity contribution in [2.24, 2.45) is 0 Å². The van der Waals surface area contributed by atoms with Gasteiger partial charge in [0, 0.05) is 18.2 Å². The second-order valence-corrected chi connectivity index (χ2v) is 5.05. The van der Waals surface area contributed by atoms with Crippen LogP contribution < -0.4 is 0 Å². The SMILES string of the molecule is CCC(CC)N(CCO)Cc1noc(-c2ccccc2)n1. The largest absolute Gasteiger partial charge is 0.395 e. The number of aliphatic hydroxyl groups is 1. The summed E-state index contributed by atoms with van der Waals surface area (Å²) in [4.78, 5) is 6.66. The molecule has 1 aromatic heterocycles. The van der Waals surface area contributed by atoms with Gasteiger partial charge in [-0.25, -0.2) is 0 Å². The fraction of sp³-hybridized carbons (Fsp3) is 0.500. The first kappa shape index (κ1) is 15.7. The minimum Gasteiger partial charge on any atom is -0.395 e. The van der Waals surface area contributed by atoms with Gasteiger partial charge in [0.25, 0.3) is 5.89 Å². The standard InChI is InChI=1S/C16H23N3O2/c1-3-14(4-2)19(10-11-20)12-15-17-16(21-18-15)13-8-6-5-7-9-13/h5-9,14,20H,3-4,10-12H2,1-2H3. The molecule has 0 aliphatic carbocycles. The Kier molecular flexibility index (Phi) is 5.90. The lowest BCUT2D eigenvalue weighted by Gasteiger charge is -2.28. The van der Waals surface area contributed by atoms with Gasteiger partial charge in [0.2, 0.25) is 0 Å². The Balaban J connectivity index is 2.09. The number of aromatic nitrogens is 2. The van der Waals surface area contributed by atoms with E-state index in [4.69, 9.17) is 4.52 Å². The Hall–Kier alpha value is -1.72. The summed E-state index contributed by atoms with van der Waals surface area (Å²) in [7, 11) is 0. The van der Waals surface area contributed by atoms with Crippen LogP contribution in [0.1, 0.15) is 32.5 Å². The number of hydrogen-bond acceptors (Lipinski definition) is 5. The van der Waals surface area contributed by atoms with Crippen molar-refractivity contribution in [1.82, 2.24) is 15.0 Å². The van der Waals surface area contributed by atoms with Crippen LogP contribution >= 0.6 is 0 Å². The highest BCUT2D eigenvalue weighted by molar-refractivity contribution is 5.51. The molecule has 0 aliphatic heterocycles. The van der Waals surface area contributed by atoms with E-state index in [0.717, 1.165) is 18.4 Å². The quantitative estimate of drug-likeness (QED) is 0.809. The molecular weight excluding hydrogens is 266 g/mol. The maximum atomic E-state index is 9.23. The molecule has 114 valence electrons. The molecular formula is C16H23N3O2. The zero-order valence-electron chi connectivity index (χ0n) is 12.7. The Morgan fingerprint density at radius 1 is 1.19 bits per heavy atom. The molecule has 0 saturated heterocycles. The van der Waals surface area contributed by atoms with Gasteiger partial charge in [-0.1, -0.05) is 37.2 Å². The van der Waals surface area contributed by atoms with Gasteiger partial charge in [0.15, 0.2) is 5.82 Å². The molecule has 0 saturated carbocycles. The smallest absolute Gasteiger partial charge is 0.257 e. The third-order valence-electron chi connectivity index (χ3n) is 3.68. The van der Waals surface area contributed by atoms with E-state index in [1.165, 1.54) is 0 Å². The molecule has 0 bridgehead atoms. The van der Waals surface area contributed by atoms with Crippen molar-refractivity contribution in [3.63, 3.8) is 0 Å². The minimum atomic E-state index is 0.139. The van der Waals surface area contributed by atoms with Crippen molar-refractivity contribution in [1.29, 1.82) is 0 Å². The molecule has 1 aromatic carbocycles. The molecule has 2 rings (SSSR count). The van der Waals surface area contributed by atoms with Crippen LogP contribution in [0.3, 0.4) is 0 Å². The molecule has 0 unspecified atom stereocenters. The first-order chi connectivity index (χ1) is 10.3. The lowest BCUT2D eigenvalue weighted by molar-refractivity contribution is 0.132. The Labute approximate surface area is 125 Å². The van der Waals surface area contributed by atoms with E-state index in [0.29, 0.717) is 30.8 Å². The molecule has 0 amide bonds. The fourth-order valence-electron chi connectivity index (χ4n) is 2.52. The molecule has 1 N–H and O–H groups in total. The zero-order valence-corrected chi connectivity index (χ0v) is 12.7. The van der Waals surface area contributed by atoms with Crippen LogP contribution in [0.25, 0.3) is 11.5 Å². The molecule has 1 heterocycles. The van der Waals surface area contributed by atoms with Crippen LogP contribution in [0.15, 0.2) is 34.9 Å². The monoisotopic (exact) mass is 289 g/mol. The van der Waals surface area contributed by atoms with Gasteiger partial charge in [-0.15, -0.1) is 0 Å². The highest BCUT2D eigenvalue weighted by Crippen LogP contribution is 2.18. The van der Waals surface area contributed by atoms with E-state index in [-0.39, 0.29) is 6.61 Å². The number of hydrogen-bond donors (Lipinski definition) is 1. The average Bonchev–Trinajstić information content (AvgIpc) is 2.98. The van der Waals surface area contributed by atoms with E-state index >= 15 is 0 Å². The molecule has 5 nitrogen and oxygen atoms in total. The predicted molar refractivity (Wildman–Crippen MR) is 81.6 cm³/mol. The summed E-state index contributed by atoms with van der Waals surface area (Å²) in [6.07, 6.45) is 2.08. The van der Waals surface area contributed by atoms with Crippen molar-refractivity contribution in [3.8, 4) is 11.5 Å². The van der Waals surface area contributed by atoms with Crippen molar-refractivity contribution in [2.45, 2.75) is 39.3 Å². The van der Waals surface area contributed by atoms with Gasteiger partial charge in [0.1, 0.15) is 0 Å². The first-order valence-corrected chi connectivity index (χ1v) is 7.51. The molecule has 5 heteroatoms. The van der Waals surface area contributed by atoms with Gasteiger partial charge in [0.05, 0.1) is 13.2 Å². The molecule has 2 aromatic rings. The Morgan fingerprint density at radius 3 is 2.52 bits per heavy atom. The maximum Gasteiger partial charge on any atom is 0.257 e. The van der Waals surface area contributed by atoms with E-state index in [9.17, 15) is 5.11 Å². The van der Waals surface area contributed by atoms with Gasteiger partial charge in [-0.05, 0) is 25.0 Å². The first-order valence-electron chi connectivity index (χ1n) is 7.51. The van der Waals surface area contributed by atoms with Crippen molar-refractivity contribution >= 4 is 0 Å². The lowest BCUT2D eigenvalue weighted by Crippen LogP contribution is -2.36. The summed E-state index contributed by atoms with van der Waals surface area (Å²) in [5.74, 6) is 1.20. The van der Waals surface area contributed by atoms with Crippen molar-refractivity contribution < 1.29 is 9.63 Å². The van der Waals surface area contributed by atoms with Crippen LogP contribution in [0.2, 0.25) is 0 Å². The fourth-order valence-corrected chi connectivity index (χ4v) is 2.52. The van der Waals surface area contributed by atoms with E-state index in [1.807, 2.05) is 30.3 Å². The minimum absolute atomic E-state index is 0.139. The van der Waals surface area contributed by atoms with E-state index < -0.39 is 0 Å². The normalized spacial score (nSPS) is 11.5. The van der Waals surface area contributed by atoms with Crippen molar-refractivity contribution in [2.75, 3.05) is 13.2 Å². The van der Waals surface area contributed by atoms with Crippen LogP contribution in [-0.4, -0.2) is 39.3 Å². The zero-order chi connectivity index (χ0) is 15.1. The van der Waals surface area contributed by atoms with Gasteiger partial charge >= 0.3 is 0 Å². The Bertz CT molecular complexity index is 523. The van der Waals surface area contributed by atoms with E-state index in [1.54, 1.807) is 0 Å². The lowest BCUT2D eigenvalue weighted by atomic mass is 10.1. The molecule has 0 fully saturated rings. The highest BCUT2D eigenvalue weighted by Gasteiger charge is 2.18. The molecule has 0 atom stereocenters. The Morgan fingerprint density at radius 2 is 1.90 bits per heavy atom. The average molecular weight is 289 g/mol. The van der Waals surface area contributed by atoms with Crippen LogP contribution in [0.4, 0.5) is 0 Å². The summed E-state index contributed by atoms with van der Waals surface area (Å²) in [6.45, 7) is 5.68. The third kappa shape index (κ3) is 4.12. The second kappa shape index (κ2) is 7.90. The molecule has 21 heavy (non-hydrogen) atoms. The summed E-state index contributed by atoms with van der Waals surface area (Å²) >= 11 is 0. The van der Waals surface area contributed by atoms with Gasteiger partial charge in [-0.3, -0.25) is 4.90 Å². The maximum absolute atomic E-state index is 9.23. The number of aliphatic hydroxyl groups excluding tert-OH is 1. The predicted octanol–water partition coefficient (Wildman–Crippen LogP) is 2.72. The summed E-state index contributed by atoms with van der Waals surface area (Å²) in [6, 6.07) is 10.2. The van der Waals surface area contributed by atoms with Crippen LogP contribution in [-0.2, 0) is 6.54 Å². The van der Waals surface area contributed by atoms with Crippen LogP contribution in [0.5, 0.6) is 0 Å². The van der Waals surface area contributed by atoms with Crippen LogP contribution in [0, 0.1) is 0 Å². The third-order valence-corrected chi connectivity index (χ3v) is 3.68. The number of rotatable bonds is 8. The molecule has 0 radical (unpaired) electrons.